The van der Waals surface area contributed by atoms with Crippen molar-refractivity contribution in [2.24, 2.45) is 0 Å². The molecule has 0 spiro atoms. The monoisotopic (exact) mass is 182 g/mol. The Morgan fingerprint density at radius 2 is 1.69 bits per heavy atom. The smallest absolute Gasteiger partial charge is 0.126 e. The van der Waals surface area contributed by atoms with E-state index in [9.17, 15) is 8.78 Å². The van der Waals surface area contributed by atoms with E-state index in [1.54, 1.807) is 0 Å². The first-order valence-corrected chi connectivity index (χ1v) is 4.32. The van der Waals surface area contributed by atoms with Gasteiger partial charge in [-0.1, -0.05) is 19.1 Å². The summed E-state index contributed by atoms with van der Waals surface area (Å²) in [6, 6.07) is 3.58. The zero-order valence-corrected chi connectivity index (χ0v) is 7.56. The van der Waals surface area contributed by atoms with E-state index in [1.807, 2.05) is 19.1 Å². The van der Waals surface area contributed by atoms with Gasteiger partial charge < -0.3 is 0 Å². The molecular formula is C11H12F2. The molecule has 1 aromatic carbocycles. The van der Waals surface area contributed by atoms with Crippen LogP contribution >= 0.6 is 0 Å². The molecule has 0 fully saturated rings. The SMILES string of the molecule is CC/C=C\Cc1cc(F)cc(F)c1. The topological polar surface area (TPSA) is 0 Å². The molecule has 0 heterocycles. The first-order chi connectivity index (χ1) is 6.22. The minimum atomic E-state index is -0.514. The van der Waals surface area contributed by atoms with Gasteiger partial charge in [-0.2, -0.15) is 0 Å². The van der Waals surface area contributed by atoms with E-state index in [2.05, 4.69) is 0 Å². The summed E-state index contributed by atoms with van der Waals surface area (Å²) in [5.41, 5.74) is 0.669. The van der Waals surface area contributed by atoms with Crippen LogP contribution in [0.5, 0.6) is 0 Å². The molecule has 13 heavy (non-hydrogen) atoms. The normalized spacial score (nSPS) is 11.0. The molecule has 0 N–H and O–H groups in total. The van der Waals surface area contributed by atoms with Gasteiger partial charge >= 0.3 is 0 Å². The molecule has 0 nitrogen and oxygen atoms in total. The van der Waals surface area contributed by atoms with Gasteiger partial charge in [-0.15, -0.1) is 0 Å². The van der Waals surface area contributed by atoms with Crippen molar-refractivity contribution in [2.45, 2.75) is 19.8 Å². The lowest BCUT2D eigenvalue weighted by Crippen LogP contribution is -1.86. The lowest BCUT2D eigenvalue weighted by molar-refractivity contribution is 0.580. The van der Waals surface area contributed by atoms with Crippen molar-refractivity contribution in [3.8, 4) is 0 Å². The number of rotatable bonds is 3. The molecule has 0 unspecified atom stereocenters. The first kappa shape index (κ1) is 9.90. The lowest BCUT2D eigenvalue weighted by atomic mass is 10.1. The fourth-order valence-corrected chi connectivity index (χ4v) is 1.11. The maximum absolute atomic E-state index is 12.7. The van der Waals surface area contributed by atoms with Crippen molar-refractivity contribution >= 4 is 0 Å². The Kier molecular flexibility index (Phi) is 3.62. The minimum absolute atomic E-state index is 0.514. The van der Waals surface area contributed by atoms with Crippen LogP contribution in [0.1, 0.15) is 18.9 Å². The Bertz CT molecular complexity index is 283. The van der Waals surface area contributed by atoms with Gasteiger partial charge in [-0.25, -0.2) is 8.78 Å². The van der Waals surface area contributed by atoms with Crippen LogP contribution in [0.15, 0.2) is 30.4 Å². The second kappa shape index (κ2) is 4.75. The highest BCUT2D eigenvalue weighted by Gasteiger charge is 1.97. The molecule has 0 radical (unpaired) electrons. The Morgan fingerprint density at radius 1 is 1.08 bits per heavy atom. The molecule has 2 heteroatoms. The van der Waals surface area contributed by atoms with Crippen molar-refractivity contribution in [2.75, 3.05) is 0 Å². The number of halogens is 2. The van der Waals surface area contributed by atoms with Gasteiger partial charge in [0.05, 0.1) is 0 Å². The van der Waals surface area contributed by atoms with Crippen LogP contribution in [0, 0.1) is 11.6 Å². The highest BCUT2D eigenvalue weighted by atomic mass is 19.1. The van der Waals surface area contributed by atoms with Crippen molar-refractivity contribution in [3.05, 3.63) is 47.5 Å². The quantitative estimate of drug-likeness (QED) is 0.628. The summed E-state index contributed by atoms with van der Waals surface area (Å²) in [4.78, 5) is 0. The Balaban J connectivity index is 2.71. The maximum atomic E-state index is 12.7. The summed E-state index contributed by atoms with van der Waals surface area (Å²) in [6.07, 6.45) is 5.41. The zero-order chi connectivity index (χ0) is 9.68. The molecule has 1 aromatic rings. The second-order valence-electron chi connectivity index (χ2n) is 2.86. The summed E-state index contributed by atoms with van der Waals surface area (Å²) in [6.45, 7) is 2.02. The molecular weight excluding hydrogens is 170 g/mol. The first-order valence-electron chi connectivity index (χ1n) is 4.32. The molecule has 0 aliphatic heterocycles. The van der Waals surface area contributed by atoms with Crippen molar-refractivity contribution < 1.29 is 8.78 Å². The number of benzene rings is 1. The molecule has 0 saturated carbocycles. The van der Waals surface area contributed by atoms with E-state index in [0.29, 0.717) is 12.0 Å². The molecule has 0 aliphatic rings. The predicted molar refractivity (Wildman–Crippen MR) is 49.5 cm³/mol. The number of hydrogen-bond donors (Lipinski definition) is 0. The Hall–Kier alpha value is -1.18. The standard InChI is InChI=1S/C11H12F2/c1-2-3-4-5-9-6-10(12)8-11(13)7-9/h3-4,6-8H,2,5H2,1H3/b4-3-. The van der Waals surface area contributed by atoms with Crippen LogP contribution < -0.4 is 0 Å². The molecule has 70 valence electrons. The van der Waals surface area contributed by atoms with Crippen LogP contribution in [-0.2, 0) is 6.42 Å². The van der Waals surface area contributed by atoms with Crippen molar-refractivity contribution in [1.29, 1.82) is 0 Å². The predicted octanol–water partition coefficient (Wildman–Crippen LogP) is 3.47. The van der Waals surface area contributed by atoms with Gasteiger partial charge in [-0.05, 0) is 30.5 Å². The van der Waals surface area contributed by atoms with Crippen molar-refractivity contribution in [3.63, 3.8) is 0 Å². The highest BCUT2D eigenvalue weighted by Crippen LogP contribution is 2.08. The summed E-state index contributed by atoms with van der Waals surface area (Å²) >= 11 is 0. The maximum Gasteiger partial charge on any atom is 0.126 e. The highest BCUT2D eigenvalue weighted by molar-refractivity contribution is 5.20. The largest absolute Gasteiger partial charge is 0.207 e. The van der Waals surface area contributed by atoms with Crippen LogP contribution in [0.3, 0.4) is 0 Å². The van der Waals surface area contributed by atoms with Crippen LogP contribution in [0.2, 0.25) is 0 Å². The second-order valence-corrected chi connectivity index (χ2v) is 2.86. The Morgan fingerprint density at radius 3 is 2.23 bits per heavy atom. The van der Waals surface area contributed by atoms with Gasteiger partial charge in [0.15, 0.2) is 0 Å². The summed E-state index contributed by atoms with van der Waals surface area (Å²) in [7, 11) is 0. The fourth-order valence-electron chi connectivity index (χ4n) is 1.11. The van der Waals surface area contributed by atoms with E-state index < -0.39 is 11.6 Å². The van der Waals surface area contributed by atoms with Crippen molar-refractivity contribution in [1.82, 2.24) is 0 Å². The van der Waals surface area contributed by atoms with Gasteiger partial charge in [0.1, 0.15) is 11.6 Å². The molecule has 0 amide bonds. The van der Waals surface area contributed by atoms with Gasteiger partial charge in [0.25, 0.3) is 0 Å². The van der Waals surface area contributed by atoms with Crippen LogP contribution in [0.4, 0.5) is 8.78 Å². The van der Waals surface area contributed by atoms with E-state index in [-0.39, 0.29) is 0 Å². The average molecular weight is 182 g/mol. The third kappa shape index (κ3) is 3.36. The Labute approximate surface area is 76.9 Å². The summed E-state index contributed by atoms with van der Waals surface area (Å²) in [5, 5.41) is 0. The zero-order valence-electron chi connectivity index (χ0n) is 7.56. The third-order valence-corrected chi connectivity index (χ3v) is 1.68. The van der Waals surface area contributed by atoms with E-state index >= 15 is 0 Å². The van der Waals surface area contributed by atoms with E-state index in [1.165, 1.54) is 12.1 Å². The summed E-state index contributed by atoms with van der Waals surface area (Å²) < 4.78 is 25.3. The summed E-state index contributed by atoms with van der Waals surface area (Å²) in [5.74, 6) is -1.03. The third-order valence-electron chi connectivity index (χ3n) is 1.68. The molecule has 1 rings (SSSR count). The van der Waals surface area contributed by atoms with E-state index in [0.717, 1.165) is 12.5 Å². The average Bonchev–Trinajstić information content (AvgIpc) is 2.03. The molecule has 0 saturated heterocycles. The van der Waals surface area contributed by atoms with Crippen LogP contribution in [-0.4, -0.2) is 0 Å². The molecule has 0 atom stereocenters. The van der Waals surface area contributed by atoms with E-state index in [4.69, 9.17) is 0 Å². The van der Waals surface area contributed by atoms with Gasteiger partial charge in [-0.3, -0.25) is 0 Å². The lowest BCUT2D eigenvalue weighted by Gasteiger charge is -1.97. The molecule has 0 aliphatic carbocycles. The van der Waals surface area contributed by atoms with Gasteiger partial charge in [0.2, 0.25) is 0 Å². The minimum Gasteiger partial charge on any atom is -0.207 e. The van der Waals surface area contributed by atoms with Gasteiger partial charge in [0, 0.05) is 6.07 Å². The number of hydrogen-bond acceptors (Lipinski definition) is 0. The fraction of sp³-hybridized carbons (Fsp3) is 0.273. The molecule has 0 aromatic heterocycles. The molecule has 0 bridgehead atoms. The van der Waals surface area contributed by atoms with Crippen LogP contribution in [0.25, 0.3) is 0 Å². The number of allylic oxidation sites excluding steroid dienone is 2.